The van der Waals surface area contributed by atoms with Crippen LogP contribution in [0.4, 0.5) is 5.95 Å². The Morgan fingerprint density at radius 3 is 3.00 bits per heavy atom. The van der Waals surface area contributed by atoms with Gasteiger partial charge in [0.05, 0.1) is 6.04 Å². The van der Waals surface area contributed by atoms with E-state index in [1.54, 1.807) is 12.3 Å². The molecular formula is C16H25ClN6O. The molecule has 8 heteroatoms. The molecule has 1 amide bonds. The Bertz CT molecular complexity index is 659. The van der Waals surface area contributed by atoms with E-state index >= 15 is 0 Å². The number of piperidine rings is 1. The third-order valence-corrected chi connectivity index (χ3v) is 3.99. The number of amides is 1. The van der Waals surface area contributed by atoms with Crippen LogP contribution in [-0.2, 0) is 6.54 Å². The second-order valence-corrected chi connectivity index (χ2v) is 6.43. The third-order valence-electron chi connectivity index (χ3n) is 3.99. The molecule has 3 rings (SSSR count). The average Bonchev–Trinajstić information content (AvgIpc) is 3.18. The Labute approximate surface area is 148 Å². The molecule has 0 aromatic carbocycles. The fourth-order valence-electron chi connectivity index (χ4n) is 2.86. The molecule has 3 heterocycles. The molecule has 1 aliphatic rings. The Morgan fingerprint density at radius 1 is 1.46 bits per heavy atom. The van der Waals surface area contributed by atoms with Crippen LogP contribution in [0, 0.1) is 5.92 Å². The fourth-order valence-corrected chi connectivity index (χ4v) is 2.86. The van der Waals surface area contributed by atoms with Crippen LogP contribution in [0.3, 0.4) is 0 Å². The third kappa shape index (κ3) is 4.36. The summed E-state index contributed by atoms with van der Waals surface area (Å²) in [5.41, 5.74) is 0.426. The quantitative estimate of drug-likeness (QED) is 0.865. The van der Waals surface area contributed by atoms with Crippen molar-refractivity contribution < 1.29 is 4.79 Å². The maximum absolute atomic E-state index is 12.4. The van der Waals surface area contributed by atoms with Crippen LogP contribution < -0.4 is 10.6 Å². The van der Waals surface area contributed by atoms with Crippen molar-refractivity contribution >= 4 is 24.3 Å². The molecular weight excluding hydrogens is 328 g/mol. The van der Waals surface area contributed by atoms with Crippen molar-refractivity contribution in [3.63, 3.8) is 0 Å². The molecule has 1 aliphatic heterocycles. The van der Waals surface area contributed by atoms with Crippen molar-refractivity contribution in [3.05, 3.63) is 30.4 Å². The molecule has 1 unspecified atom stereocenters. The van der Waals surface area contributed by atoms with E-state index in [4.69, 9.17) is 0 Å². The number of aromatic nitrogens is 4. The van der Waals surface area contributed by atoms with Gasteiger partial charge >= 0.3 is 0 Å². The minimum Gasteiger partial charge on any atom is -0.317 e. The molecule has 2 aromatic heterocycles. The lowest BCUT2D eigenvalue weighted by molar-refractivity contribution is 0.101. The van der Waals surface area contributed by atoms with Gasteiger partial charge in [-0.1, -0.05) is 13.8 Å². The summed E-state index contributed by atoms with van der Waals surface area (Å²) in [4.78, 5) is 16.6. The maximum Gasteiger partial charge on any atom is 0.278 e. The number of nitrogens with zero attached hydrogens (tertiary/aromatic N) is 4. The van der Waals surface area contributed by atoms with E-state index in [9.17, 15) is 4.79 Å². The number of nitrogens with one attached hydrogen (secondary N) is 2. The van der Waals surface area contributed by atoms with E-state index in [-0.39, 0.29) is 18.3 Å². The molecule has 0 aliphatic carbocycles. The number of anilines is 1. The highest BCUT2D eigenvalue weighted by Gasteiger charge is 2.18. The molecule has 0 spiro atoms. The highest BCUT2D eigenvalue weighted by Crippen LogP contribution is 2.16. The fraction of sp³-hybridized carbons (Fsp3) is 0.562. The summed E-state index contributed by atoms with van der Waals surface area (Å²) < 4.78 is 3.84. The van der Waals surface area contributed by atoms with Gasteiger partial charge in [0.1, 0.15) is 0 Å². The average molecular weight is 353 g/mol. The summed E-state index contributed by atoms with van der Waals surface area (Å²) in [5.74, 6) is 0.833. The van der Waals surface area contributed by atoms with Crippen molar-refractivity contribution in [1.82, 2.24) is 24.6 Å². The smallest absolute Gasteiger partial charge is 0.278 e. The number of hydrogen-bond acceptors (Lipinski definition) is 4. The first-order valence-corrected chi connectivity index (χ1v) is 8.22. The number of halogens is 1. The Morgan fingerprint density at radius 2 is 2.29 bits per heavy atom. The van der Waals surface area contributed by atoms with Crippen molar-refractivity contribution in [2.45, 2.75) is 39.3 Å². The Hall–Kier alpha value is -1.86. The highest BCUT2D eigenvalue weighted by molar-refractivity contribution is 6.01. The van der Waals surface area contributed by atoms with E-state index in [1.165, 1.54) is 0 Å². The van der Waals surface area contributed by atoms with Gasteiger partial charge < -0.3 is 9.88 Å². The van der Waals surface area contributed by atoms with Crippen molar-refractivity contribution in [2.75, 3.05) is 18.4 Å². The van der Waals surface area contributed by atoms with Gasteiger partial charge in [-0.25, -0.2) is 4.98 Å². The summed E-state index contributed by atoms with van der Waals surface area (Å²) in [6.45, 7) is 7.04. The molecule has 1 fully saturated rings. The molecule has 1 saturated heterocycles. The van der Waals surface area contributed by atoms with Gasteiger partial charge in [-0.05, 0) is 31.4 Å². The number of rotatable bonds is 5. The first-order chi connectivity index (χ1) is 11.1. The molecule has 24 heavy (non-hydrogen) atoms. The topological polar surface area (TPSA) is 76.8 Å². The summed E-state index contributed by atoms with van der Waals surface area (Å²) >= 11 is 0. The van der Waals surface area contributed by atoms with Gasteiger partial charge in [0.25, 0.3) is 5.91 Å². The molecule has 0 bridgehead atoms. The van der Waals surface area contributed by atoms with Crippen LogP contribution in [0.1, 0.15) is 43.2 Å². The van der Waals surface area contributed by atoms with Gasteiger partial charge in [0.2, 0.25) is 5.95 Å². The highest BCUT2D eigenvalue weighted by atomic mass is 35.5. The van der Waals surface area contributed by atoms with Gasteiger partial charge in [-0.15, -0.1) is 12.4 Å². The normalized spacial score (nSPS) is 17.5. The number of imidazole rings is 1. The van der Waals surface area contributed by atoms with Crippen molar-refractivity contribution in [2.24, 2.45) is 5.92 Å². The zero-order chi connectivity index (χ0) is 16.2. The molecule has 2 aromatic rings. The maximum atomic E-state index is 12.4. The molecule has 132 valence electrons. The number of carbonyl (C=O) groups excluding carboxylic acids is 1. The van der Waals surface area contributed by atoms with Gasteiger partial charge in [-0.2, -0.15) is 5.10 Å². The summed E-state index contributed by atoms with van der Waals surface area (Å²) in [5, 5.41) is 10.6. The zero-order valence-electron chi connectivity index (χ0n) is 14.1. The lowest BCUT2D eigenvalue weighted by Crippen LogP contribution is -2.32. The summed E-state index contributed by atoms with van der Waals surface area (Å²) in [6, 6.07) is 2.09. The zero-order valence-corrected chi connectivity index (χ0v) is 14.9. The van der Waals surface area contributed by atoms with Gasteiger partial charge in [0, 0.05) is 31.7 Å². The summed E-state index contributed by atoms with van der Waals surface area (Å²) in [7, 11) is 0. The van der Waals surface area contributed by atoms with E-state index in [2.05, 4.69) is 34.6 Å². The molecule has 0 radical (unpaired) electrons. The first kappa shape index (κ1) is 18.5. The Balaban J connectivity index is 0.00000208. The van der Waals surface area contributed by atoms with E-state index in [1.807, 2.05) is 21.6 Å². The van der Waals surface area contributed by atoms with Crippen LogP contribution in [0.5, 0.6) is 0 Å². The first-order valence-electron chi connectivity index (χ1n) is 8.22. The second-order valence-electron chi connectivity index (χ2n) is 6.43. The molecule has 7 nitrogen and oxygen atoms in total. The van der Waals surface area contributed by atoms with Crippen LogP contribution in [-0.4, -0.2) is 38.3 Å². The minimum atomic E-state index is -0.219. The lowest BCUT2D eigenvalue weighted by Gasteiger charge is -2.22. The predicted octanol–water partition coefficient (Wildman–Crippen LogP) is 2.33. The Kier molecular flexibility index (Phi) is 6.39. The van der Waals surface area contributed by atoms with Gasteiger partial charge in [0.15, 0.2) is 5.69 Å². The van der Waals surface area contributed by atoms with E-state index in [0.717, 1.165) is 32.5 Å². The molecule has 1 atom stereocenters. The lowest BCUT2D eigenvalue weighted by atomic mass is 10.1. The largest absolute Gasteiger partial charge is 0.317 e. The molecule has 2 N–H and O–H groups in total. The number of hydrogen-bond donors (Lipinski definition) is 2. The SMILES string of the molecule is CC(C)Cn1ccnc1NC(=O)c1ccn(C2CCCNC2)n1.Cl. The van der Waals surface area contributed by atoms with Crippen LogP contribution >= 0.6 is 12.4 Å². The monoisotopic (exact) mass is 352 g/mol. The van der Waals surface area contributed by atoms with Crippen molar-refractivity contribution in [3.8, 4) is 0 Å². The van der Waals surface area contributed by atoms with Crippen LogP contribution in [0.2, 0.25) is 0 Å². The molecule has 0 saturated carbocycles. The van der Waals surface area contributed by atoms with E-state index in [0.29, 0.717) is 23.6 Å². The van der Waals surface area contributed by atoms with Crippen molar-refractivity contribution in [1.29, 1.82) is 0 Å². The van der Waals surface area contributed by atoms with Crippen LogP contribution in [0.15, 0.2) is 24.7 Å². The second kappa shape index (κ2) is 8.30. The number of carbonyl (C=O) groups is 1. The van der Waals surface area contributed by atoms with Crippen LogP contribution in [0.25, 0.3) is 0 Å². The summed E-state index contributed by atoms with van der Waals surface area (Å²) in [6.07, 6.45) is 7.69. The van der Waals surface area contributed by atoms with Gasteiger partial charge in [-0.3, -0.25) is 14.8 Å². The standard InChI is InChI=1S/C16H24N6O.ClH/c1-12(2)11-21-9-7-18-16(21)19-15(23)14-5-8-22(20-14)13-4-3-6-17-10-13;/h5,7-9,12-13,17H,3-4,6,10-11H2,1-2H3,(H,18,19,23);1H. The predicted molar refractivity (Wildman–Crippen MR) is 95.6 cm³/mol. The minimum absolute atomic E-state index is 0. The van der Waals surface area contributed by atoms with E-state index < -0.39 is 0 Å².